The van der Waals surface area contributed by atoms with Gasteiger partial charge in [-0.1, -0.05) is 173 Å². The van der Waals surface area contributed by atoms with E-state index in [1.165, 1.54) is 27.9 Å². The number of hydrogen-bond acceptors (Lipinski definition) is 4. The predicted octanol–water partition coefficient (Wildman–Crippen LogP) is 16.2. The van der Waals surface area contributed by atoms with E-state index in [4.69, 9.17) is 9.72 Å². The molecule has 348 valence electrons. The summed E-state index contributed by atoms with van der Waals surface area (Å²) in [7, 11) is 0. The zero-order valence-electron chi connectivity index (χ0n) is 41.6. The van der Waals surface area contributed by atoms with Crippen LogP contribution in [0.15, 0.2) is 146 Å². The van der Waals surface area contributed by atoms with Gasteiger partial charge in [-0.3, -0.25) is 0 Å². The first-order chi connectivity index (χ1) is 30.7. The Bertz CT molecular complexity index is 3050. The average molecular weight is 1070 g/mol. The van der Waals surface area contributed by atoms with Crippen LogP contribution in [0.2, 0.25) is 0 Å². The van der Waals surface area contributed by atoms with E-state index in [1.807, 2.05) is 12.3 Å². The van der Waals surface area contributed by atoms with Crippen molar-refractivity contribution in [3.8, 4) is 28.4 Å². The van der Waals surface area contributed by atoms with Crippen molar-refractivity contribution in [2.45, 2.75) is 105 Å². The van der Waals surface area contributed by atoms with Gasteiger partial charge in [0.15, 0.2) is 0 Å². The van der Waals surface area contributed by atoms with E-state index in [2.05, 4.69) is 243 Å². The number of ether oxygens (including phenoxy) is 1. The Hall–Kier alpha value is -5.90. The number of benzene rings is 6. The van der Waals surface area contributed by atoms with E-state index < -0.39 is 0 Å². The topological polar surface area (TPSA) is 33.5 Å². The minimum atomic E-state index is -0.156. The van der Waals surface area contributed by atoms with Crippen molar-refractivity contribution in [1.29, 1.82) is 0 Å². The number of pyridine rings is 1. The molecule has 5 nitrogen and oxygen atoms in total. The summed E-state index contributed by atoms with van der Waals surface area (Å²) < 4.78 is 9.14. The van der Waals surface area contributed by atoms with Crippen molar-refractivity contribution >= 4 is 38.9 Å². The molecule has 3 heterocycles. The molecule has 0 unspecified atom stereocenters. The van der Waals surface area contributed by atoms with Gasteiger partial charge >= 0.3 is 0 Å². The van der Waals surface area contributed by atoms with Crippen molar-refractivity contribution in [2.24, 2.45) is 0 Å². The van der Waals surface area contributed by atoms with Gasteiger partial charge in [0.1, 0.15) is 5.82 Å². The summed E-state index contributed by atoms with van der Waals surface area (Å²) in [6.07, 6.45) is 4.19. The molecule has 0 N–H and O–H groups in total. The molecule has 0 saturated carbocycles. The van der Waals surface area contributed by atoms with Crippen LogP contribution in [0.3, 0.4) is 0 Å². The molecule has 1 aliphatic rings. The Labute approximate surface area is 414 Å². The fourth-order valence-corrected chi connectivity index (χ4v) is 8.65. The van der Waals surface area contributed by atoms with Gasteiger partial charge in [-0.15, -0.1) is 41.3 Å². The molecule has 2 aromatic heterocycles. The molecular formula is C61H65N4OPt-3. The fourth-order valence-electron chi connectivity index (χ4n) is 8.65. The van der Waals surface area contributed by atoms with Crippen molar-refractivity contribution in [3.05, 3.63) is 193 Å². The minimum Gasteiger partial charge on any atom is -0.509 e. The molecule has 0 aliphatic carbocycles. The first-order valence-electron chi connectivity index (χ1n) is 23.0. The summed E-state index contributed by atoms with van der Waals surface area (Å²) in [5.41, 5.74) is 13.5. The molecule has 0 spiro atoms. The van der Waals surface area contributed by atoms with Gasteiger partial charge in [0, 0.05) is 56.2 Å². The number of aromatic nitrogens is 2. The van der Waals surface area contributed by atoms with Crippen molar-refractivity contribution in [2.75, 3.05) is 16.5 Å². The zero-order valence-corrected chi connectivity index (χ0v) is 43.8. The summed E-state index contributed by atoms with van der Waals surface area (Å²) in [4.78, 5) is 9.72. The second-order valence-electron chi connectivity index (χ2n) is 21.8. The third kappa shape index (κ3) is 10.0. The van der Waals surface area contributed by atoms with E-state index in [9.17, 15) is 0 Å². The molecule has 0 fully saturated rings. The molecule has 0 amide bonds. The zero-order chi connectivity index (χ0) is 46.1. The molecule has 1 aliphatic heterocycles. The number of anilines is 2. The van der Waals surface area contributed by atoms with Crippen molar-refractivity contribution in [3.63, 3.8) is 0 Å². The maximum Gasteiger partial charge on any atom is 0.135 e. The predicted molar refractivity (Wildman–Crippen MR) is 280 cm³/mol. The molecule has 67 heavy (non-hydrogen) atoms. The number of rotatable bonds is 7. The van der Waals surface area contributed by atoms with Gasteiger partial charge in [-0.2, -0.15) is 6.07 Å². The fraction of sp³-hybridized carbons (Fsp3) is 0.279. The summed E-state index contributed by atoms with van der Waals surface area (Å²) in [5, 5.41) is 2.22. The molecule has 9 rings (SSSR count). The van der Waals surface area contributed by atoms with Crippen molar-refractivity contribution in [1.82, 2.24) is 9.55 Å². The Balaban J connectivity index is 0.00000333. The Morgan fingerprint density at radius 1 is 0.522 bits per heavy atom. The molecule has 0 atom stereocenters. The summed E-state index contributed by atoms with van der Waals surface area (Å²) in [6, 6.07) is 55.5. The molecular weight excluding hydrogens is 1000 g/mol. The second kappa shape index (κ2) is 18.3. The van der Waals surface area contributed by atoms with Gasteiger partial charge in [-0.25, -0.2) is 4.98 Å². The van der Waals surface area contributed by atoms with Gasteiger partial charge in [-0.05, 0) is 90.8 Å². The molecule has 0 saturated heterocycles. The van der Waals surface area contributed by atoms with Crippen LogP contribution >= 0.6 is 0 Å². The van der Waals surface area contributed by atoms with Crippen LogP contribution in [0.5, 0.6) is 11.5 Å². The average Bonchev–Trinajstić information content (AvgIpc) is 3.86. The van der Waals surface area contributed by atoms with Gasteiger partial charge in [0.05, 0.1) is 12.4 Å². The van der Waals surface area contributed by atoms with Gasteiger partial charge in [0.25, 0.3) is 0 Å². The van der Waals surface area contributed by atoms with Gasteiger partial charge < -0.3 is 26.5 Å². The Morgan fingerprint density at radius 3 is 1.73 bits per heavy atom. The smallest absolute Gasteiger partial charge is 0.135 e. The van der Waals surface area contributed by atoms with E-state index in [-0.39, 0.29) is 50.2 Å². The maximum absolute atomic E-state index is 6.90. The molecule has 6 heteroatoms. The van der Waals surface area contributed by atoms with E-state index >= 15 is 0 Å². The molecule has 8 aromatic rings. The van der Waals surface area contributed by atoms with Crippen LogP contribution < -0.4 is 14.5 Å². The first kappa shape index (κ1) is 49.0. The SMILES string of the molecule is CC(C)(C)c1cc(Oc2[c-]c3c(cc2)c2cc(-c4ccccc4)ccc2n3-c2cc(C(C)(C)C)ccn2)[c-]c(N2C=C(c3ccccc3)N(c3cc(C(C)(C)C)cc(C(C)(C)C)c3)C2)c1.[CH3-].[Pt]. The van der Waals surface area contributed by atoms with E-state index in [0.717, 1.165) is 55.7 Å². The largest absolute Gasteiger partial charge is 0.509 e. The monoisotopic (exact) mass is 1060 g/mol. The maximum atomic E-state index is 6.90. The first-order valence-corrected chi connectivity index (χ1v) is 23.0. The van der Waals surface area contributed by atoms with E-state index in [0.29, 0.717) is 18.2 Å². The van der Waals surface area contributed by atoms with E-state index in [1.54, 1.807) is 0 Å². The standard InChI is InChI=1S/C60H62N4O.CH3.Pt/c1-57(2,3)43-27-28-61-56(35-43)64-53-26-23-42(40-19-15-13-16-20-40)29-52(53)51-25-24-49(37-54(51)64)65-50-34-46(60(10,11)12)31-47(36-50)62-38-55(41-21-17-14-18-22-41)63(39-62)48-32-44(58(4,5)6)30-45(33-48)59(7,8)9;;/h13-35,38H,39H2,1-12H3;1H3;/q-2;-1;. The molecule has 6 aromatic carbocycles. The minimum absolute atomic E-state index is 0. The summed E-state index contributed by atoms with van der Waals surface area (Å²) >= 11 is 0. The second-order valence-corrected chi connectivity index (χ2v) is 21.8. The van der Waals surface area contributed by atoms with Crippen LogP contribution in [-0.2, 0) is 42.7 Å². The third-order valence-corrected chi connectivity index (χ3v) is 12.7. The molecule has 0 bridgehead atoms. The number of hydrogen-bond donors (Lipinski definition) is 0. The summed E-state index contributed by atoms with van der Waals surface area (Å²) in [5.74, 6) is 2.11. The van der Waals surface area contributed by atoms with Crippen LogP contribution in [0.1, 0.15) is 111 Å². The Morgan fingerprint density at radius 2 is 1.12 bits per heavy atom. The van der Waals surface area contributed by atoms with Crippen LogP contribution in [0.25, 0.3) is 44.4 Å². The third-order valence-electron chi connectivity index (χ3n) is 12.7. The van der Waals surface area contributed by atoms with Crippen LogP contribution in [0.4, 0.5) is 11.4 Å². The quantitative estimate of drug-likeness (QED) is 0.149. The van der Waals surface area contributed by atoms with Crippen molar-refractivity contribution < 1.29 is 25.8 Å². The summed E-state index contributed by atoms with van der Waals surface area (Å²) in [6.45, 7) is 27.9. The van der Waals surface area contributed by atoms with Crippen LogP contribution in [-0.4, -0.2) is 16.2 Å². The number of fused-ring (bicyclic) bond motifs is 3. The number of nitrogens with zero attached hydrogens (tertiary/aromatic N) is 4. The normalized spacial score (nSPS) is 13.4. The Kier molecular flexibility index (Phi) is 13.4. The molecule has 0 radical (unpaired) electrons. The van der Waals surface area contributed by atoms with Crippen LogP contribution in [0, 0.1) is 19.6 Å². The van der Waals surface area contributed by atoms with Gasteiger partial charge in [0.2, 0.25) is 0 Å².